The van der Waals surface area contributed by atoms with E-state index in [0.717, 1.165) is 36.1 Å². The minimum atomic E-state index is -5.08. The van der Waals surface area contributed by atoms with E-state index in [-0.39, 0.29) is 5.91 Å². The van der Waals surface area contributed by atoms with Crippen molar-refractivity contribution in [3.05, 3.63) is 20.9 Å². The van der Waals surface area contributed by atoms with Crippen LogP contribution >= 0.6 is 11.3 Å². The molecule has 0 unspecified atom stereocenters. The molecular weight excluding hydrogens is 349 g/mol. The first kappa shape index (κ1) is 19.9. The van der Waals surface area contributed by atoms with Crippen LogP contribution in [0.1, 0.15) is 43.3 Å². The lowest BCUT2D eigenvalue weighted by atomic mass is 9.94. The number of carboxylic acid groups (broad SMARTS) is 1. The van der Waals surface area contributed by atoms with E-state index < -0.39 is 18.1 Å². The molecule has 24 heavy (non-hydrogen) atoms. The van der Waals surface area contributed by atoms with E-state index in [1.54, 1.807) is 14.1 Å². The SMILES string of the molecule is CN(C)C(=O)c1c(C(N)=O)sc2c1CCCC2.O=C(O)C(F)(F)F. The summed E-state index contributed by atoms with van der Waals surface area (Å²) in [5.74, 6) is -3.36. The zero-order valence-corrected chi connectivity index (χ0v) is 13.9. The van der Waals surface area contributed by atoms with Gasteiger partial charge < -0.3 is 15.7 Å². The Hall–Kier alpha value is -2.10. The summed E-state index contributed by atoms with van der Waals surface area (Å²) in [4.78, 5) is 35.5. The highest BCUT2D eigenvalue weighted by atomic mass is 32.1. The highest BCUT2D eigenvalue weighted by molar-refractivity contribution is 7.14. The Morgan fingerprint density at radius 1 is 1.17 bits per heavy atom. The maximum atomic E-state index is 12.1. The molecule has 0 saturated heterocycles. The third-order valence-electron chi connectivity index (χ3n) is 3.26. The van der Waals surface area contributed by atoms with Gasteiger partial charge in [0.2, 0.25) is 0 Å². The van der Waals surface area contributed by atoms with Crippen molar-refractivity contribution in [3.63, 3.8) is 0 Å². The molecule has 0 atom stereocenters. The maximum absolute atomic E-state index is 12.1. The van der Waals surface area contributed by atoms with Crippen molar-refractivity contribution in [3.8, 4) is 0 Å². The lowest BCUT2D eigenvalue weighted by Crippen LogP contribution is -2.25. The lowest BCUT2D eigenvalue weighted by molar-refractivity contribution is -0.192. The van der Waals surface area contributed by atoms with Gasteiger partial charge in [-0.25, -0.2) is 4.79 Å². The number of fused-ring (bicyclic) bond motifs is 1. The second-order valence-electron chi connectivity index (χ2n) is 5.28. The van der Waals surface area contributed by atoms with Crippen LogP contribution in [0.25, 0.3) is 0 Å². The summed E-state index contributed by atoms with van der Waals surface area (Å²) in [6.45, 7) is 0. The number of carboxylic acids is 1. The normalized spacial score (nSPS) is 13.4. The van der Waals surface area contributed by atoms with Crippen LogP contribution in [0.2, 0.25) is 0 Å². The number of aliphatic carboxylic acids is 1. The van der Waals surface area contributed by atoms with Crippen LogP contribution in [0, 0.1) is 0 Å². The Bertz CT molecular complexity index is 653. The monoisotopic (exact) mass is 366 g/mol. The molecule has 2 amide bonds. The van der Waals surface area contributed by atoms with Crippen LogP contribution in [-0.4, -0.2) is 48.1 Å². The molecule has 1 aliphatic rings. The Labute approximate surface area is 140 Å². The lowest BCUT2D eigenvalue weighted by Gasteiger charge is -2.15. The van der Waals surface area contributed by atoms with Crippen molar-refractivity contribution in [1.82, 2.24) is 4.90 Å². The molecule has 1 heterocycles. The first-order valence-electron chi connectivity index (χ1n) is 6.92. The third-order valence-corrected chi connectivity index (χ3v) is 4.56. The Kier molecular flexibility index (Phi) is 6.35. The van der Waals surface area contributed by atoms with Gasteiger partial charge in [-0.1, -0.05) is 0 Å². The summed E-state index contributed by atoms with van der Waals surface area (Å²) >= 11 is 1.39. The van der Waals surface area contributed by atoms with Gasteiger partial charge in [0.1, 0.15) is 4.88 Å². The molecule has 0 spiro atoms. The second-order valence-corrected chi connectivity index (χ2v) is 6.39. The number of amides is 2. The van der Waals surface area contributed by atoms with Crippen LogP contribution in [0.3, 0.4) is 0 Å². The second kappa shape index (κ2) is 7.65. The van der Waals surface area contributed by atoms with E-state index in [4.69, 9.17) is 15.6 Å². The van der Waals surface area contributed by atoms with E-state index in [0.29, 0.717) is 10.4 Å². The number of carbonyl (C=O) groups excluding carboxylic acids is 2. The molecule has 2 rings (SSSR count). The number of hydrogen-bond donors (Lipinski definition) is 2. The van der Waals surface area contributed by atoms with Gasteiger partial charge in [0.15, 0.2) is 0 Å². The fourth-order valence-electron chi connectivity index (χ4n) is 2.19. The standard InChI is InChI=1S/C12H16N2O2S.C2HF3O2/c1-14(2)12(16)9-7-5-3-4-6-8(7)17-10(9)11(13)15;3-2(4,5)1(6)7/h3-6H2,1-2H3,(H2,13,15);(H,6,7). The van der Waals surface area contributed by atoms with Crippen LogP contribution in [0.5, 0.6) is 0 Å². The molecule has 134 valence electrons. The number of alkyl halides is 3. The number of primary amides is 1. The Balaban J connectivity index is 0.000000351. The van der Waals surface area contributed by atoms with Gasteiger partial charge in [0, 0.05) is 19.0 Å². The molecule has 10 heteroatoms. The highest BCUT2D eigenvalue weighted by Gasteiger charge is 2.38. The number of rotatable bonds is 2. The number of hydrogen-bond acceptors (Lipinski definition) is 4. The van der Waals surface area contributed by atoms with Crippen LogP contribution in [0.4, 0.5) is 13.2 Å². The summed E-state index contributed by atoms with van der Waals surface area (Å²) < 4.78 is 31.7. The van der Waals surface area contributed by atoms with Gasteiger partial charge in [0.05, 0.1) is 5.56 Å². The van der Waals surface area contributed by atoms with E-state index in [1.165, 1.54) is 16.2 Å². The summed E-state index contributed by atoms with van der Waals surface area (Å²) in [5.41, 5.74) is 6.96. The predicted octanol–water partition coefficient (Wildman–Crippen LogP) is 2.06. The molecule has 1 aliphatic carbocycles. The van der Waals surface area contributed by atoms with E-state index >= 15 is 0 Å². The number of carbonyl (C=O) groups is 3. The van der Waals surface area contributed by atoms with Crippen LogP contribution < -0.4 is 5.73 Å². The minimum Gasteiger partial charge on any atom is -0.475 e. The molecule has 0 radical (unpaired) electrons. The number of aryl methyl sites for hydroxylation is 1. The van der Waals surface area contributed by atoms with Crippen molar-refractivity contribution in [2.24, 2.45) is 5.73 Å². The first-order valence-corrected chi connectivity index (χ1v) is 7.74. The van der Waals surface area contributed by atoms with Gasteiger partial charge in [-0.15, -0.1) is 11.3 Å². The van der Waals surface area contributed by atoms with Gasteiger partial charge >= 0.3 is 12.1 Å². The predicted molar refractivity (Wildman–Crippen MR) is 81.2 cm³/mol. The number of nitrogens with two attached hydrogens (primary N) is 1. The fraction of sp³-hybridized carbons (Fsp3) is 0.500. The molecule has 0 aliphatic heterocycles. The van der Waals surface area contributed by atoms with Crippen molar-refractivity contribution >= 4 is 29.1 Å². The molecular formula is C14H17F3N2O4S. The molecule has 6 nitrogen and oxygen atoms in total. The van der Waals surface area contributed by atoms with Crippen molar-refractivity contribution in [2.45, 2.75) is 31.9 Å². The summed E-state index contributed by atoms with van der Waals surface area (Å²) in [6.07, 6.45) is -1.04. The van der Waals surface area contributed by atoms with E-state index in [1.807, 2.05) is 0 Å². The largest absolute Gasteiger partial charge is 0.490 e. The highest BCUT2D eigenvalue weighted by Crippen LogP contribution is 2.34. The van der Waals surface area contributed by atoms with E-state index in [2.05, 4.69) is 0 Å². The van der Waals surface area contributed by atoms with Gasteiger partial charge in [-0.3, -0.25) is 9.59 Å². The molecule has 0 saturated carbocycles. The molecule has 0 fully saturated rings. The molecule has 1 aromatic heterocycles. The number of halogens is 3. The zero-order chi connectivity index (χ0) is 18.7. The summed E-state index contributed by atoms with van der Waals surface area (Å²) in [6, 6.07) is 0. The molecule has 3 N–H and O–H groups in total. The van der Waals surface area contributed by atoms with Crippen molar-refractivity contribution in [1.29, 1.82) is 0 Å². The average molecular weight is 366 g/mol. The van der Waals surface area contributed by atoms with Crippen molar-refractivity contribution in [2.75, 3.05) is 14.1 Å². The van der Waals surface area contributed by atoms with E-state index in [9.17, 15) is 22.8 Å². The third kappa shape index (κ3) is 4.70. The zero-order valence-electron chi connectivity index (χ0n) is 13.1. The van der Waals surface area contributed by atoms with Crippen LogP contribution in [-0.2, 0) is 17.6 Å². The smallest absolute Gasteiger partial charge is 0.475 e. The fourth-order valence-corrected chi connectivity index (χ4v) is 3.42. The van der Waals surface area contributed by atoms with Crippen LogP contribution in [0.15, 0.2) is 0 Å². The minimum absolute atomic E-state index is 0.113. The Morgan fingerprint density at radius 3 is 2.08 bits per heavy atom. The van der Waals surface area contributed by atoms with Gasteiger partial charge in [-0.05, 0) is 31.2 Å². The topological polar surface area (TPSA) is 101 Å². The summed E-state index contributed by atoms with van der Waals surface area (Å²) in [5, 5.41) is 7.12. The van der Waals surface area contributed by atoms with Gasteiger partial charge in [0.25, 0.3) is 11.8 Å². The van der Waals surface area contributed by atoms with Gasteiger partial charge in [-0.2, -0.15) is 13.2 Å². The Morgan fingerprint density at radius 2 is 1.67 bits per heavy atom. The van der Waals surface area contributed by atoms with Crippen molar-refractivity contribution < 1.29 is 32.7 Å². The average Bonchev–Trinajstić information content (AvgIpc) is 2.85. The number of thiophene rings is 1. The quantitative estimate of drug-likeness (QED) is 0.837. The number of nitrogens with zero attached hydrogens (tertiary/aromatic N) is 1. The summed E-state index contributed by atoms with van der Waals surface area (Å²) in [7, 11) is 3.39. The molecule has 1 aromatic rings. The first-order chi connectivity index (χ1) is 11.0. The molecule has 0 aromatic carbocycles. The molecule has 0 bridgehead atoms. The maximum Gasteiger partial charge on any atom is 0.490 e.